The van der Waals surface area contributed by atoms with Crippen LogP contribution in [0.25, 0.3) is 33.4 Å². The predicted molar refractivity (Wildman–Crippen MR) is 140 cm³/mol. The average Bonchev–Trinajstić information content (AvgIpc) is 3.27. The SMILES string of the molecule is CC[C@]1(O)c2cc3n(c(=O)c2COC(=O)[C@H]1OC(C)=O)Cc1c-3nc2ccc(OC)cc2c1-c1ccncc1. The third-order valence-corrected chi connectivity index (χ3v) is 7.52. The number of pyridine rings is 3. The molecule has 4 aromatic rings. The summed E-state index contributed by atoms with van der Waals surface area (Å²) < 4.78 is 17.6. The topological polar surface area (TPSA) is 130 Å². The number of esters is 2. The smallest absolute Gasteiger partial charge is 0.351 e. The van der Waals surface area contributed by atoms with Gasteiger partial charge < -0.3 is 23.9 Å². The van der Waals surface area contributed by atoms with Crippen LogP contribution in [0, 0.1) is 0 Å². The van der Waals surface area contributed by atoms with Gasteiger partial charge in [0.1, 0.15) is 18.0 Å². The van der Waals surface area contributed by atoms with Gasteiger partial charge in [0.2, 0.25) is 6.10 Å². The third-order valence-electron chi connectivity index (χ3n) is 7.52. The molecule has 3 aromatic heterocycles. The zero-order valence-corrected chi connectivity index (χ0v) is 21.6. The number of hydrogen-bond acceptors (Lipinski definition) is 9. The second-order valence-corrected chi connectivity index (χ2v) is 9.62. The molecule has 0 aliphatic carbocycles. The fraction of sp³-hybridized carbons (Fsp3) is 0.276. The Balaban J connectivity index is 1.65. The van der Waals surface area contributed by atoms with Crippen molar-refractivity contribution in [3.8, 4) is 28.3 Å². The van der Waals surface area contributed by atoms with Crippen LogP contribution in [0.3, 0.4) is 0 Å². The number of fused-ring (bicyclic) bond motifs is 5. The number of carbonyl (C=O) groups is 2. The highest BCUT2D eigenvalue weighted by atomic mass is 16.6. The molecule has 0 radical (unpaired) electrons. The van der Waals surface area contributed by atoms with E-state index in [4.69, 9.17) is 19.2 Å². The molecule has 2 aliphatic rings. The molecule has 10 nitrogen and oxygen atoms in total. The Hall–Kier alpha value is -4.57. The quantitative estimate of drug-likeness (QED) is 0.351. The standard InChI is InChI=1S/C29H25N3O7/c1-4-29(36)21-12-23-25-19(13-32(23)27(34)20(21)14-38-28(35)26(29)39-15(2)33)24(16-7-9-30-10-8-16)18-11-17(37-3)5-6-22(18)31-25/h5-12,26,36H,4,13-14H2,1-3H3/t26-,29+/m1/s1. The summed E-state index contributed by atoms with van der Waals surface area (Å²) >= 11 is 0. The lowest BCUT2D eigenvalue weighted by Crippen LogP contribution is -2.47. The lowest BCUT2D eigenvalue weighted by atomic mass is 9.83. The minimum absolute atomic E-state index is 0.00396. The first-order valence-electron chi connectivity index (χ1n) is 12.5. The zero-order valence-electron chi connectivity index (χ0n) is 21.6. The van der Waals surface area contributed by atoms with E-state index >= 15 is 0 Å². The van der Waals surface area contributed by atoms with Crippen molar-refractivity contribution in [2.75, 3.05) is 7.11 Å². The highest BCUT2D eigenvalue weighted by Crippen LogP contribution is 2.44. The number of cyclic esters (lactones) is 1. The molecule has 5 heterocycles. The summed E-state index contributed by atoms with van der Waals surface area (Å²) in [5, 5.41) is 12.6. The van der Waals surface area contributed by atoms with E-state index in [1.165, 1.54) is 0 Å². The molecule has 1 N–H and O–H groups in total. The number of rotatable bonds is 4. The molecule has 0 saturated heterocycles. The molecule has 0 unspecified atom stereocenters. The molecule has 6 rings (SSSR count). The summed E-state index contributed by atoms with van der Waals surface area (Å²) in [4.78, 5) is 47.6. The monoisotopic (exact) mass is 527 g/mol. The Morgan fingerprint density at radius 2 is 1.95 bits per heavy atom. The Morgan fingerprint density at radius 3 is 2.64 bits per heavy atom. The van der Waals surface area contributed by atoms with Crippen molar-refractivity contribution in [3.63, 3.8) is 0 Å². The number of aliphatic hydroxyl groups is 1. The van der Waals surface area contributed by atoms with Crippen LogP contribution < -0.4 is 10.3 Å². The molecule has 10 heteroatoms. The fourth-order valence-electron chi connectivity index (χ4n) is 5.59. The van der Waals surface area contributed by atoms with E-state index in [1.807, 2.05) is 30.3 Å². The first kappa shape index (κ1) is 24.7. The van der Waals surface area contributed by atoms with Crippen LogP contribution in [0.15, 0.2) is 53.6 Å². The van der Waals surface area contributed by atoms with Crippen LogP contribution in [-0.4, -0.2) is 44.8 Å². The van der Waals surface area contributed by atoms with E-state index in [9.17, 15) is 19.5 Å². The summed E-state index contributed by atoms with van der Waals surface area (Å²) in [6.45, 7) is 2.67. The molecule has 0 bridgehead atoms. The van der Waals surface area contributed by atoms with Crippen molar-refractivity contribution in [1.82, 2.24) is 14.5 Å². The predicted octanol–water partition coefficient (Wildman–Crippen LogP) is 3.08. The molecular formula is C29H25N3O7. The van der Waals surface area contributed by atoms with Crippen LogP contribution >= 0.6 is 0 Å². The summed E-state index contributed by atoms with van der Waals surface area (Å²) in [6, 6.07) is 11.1. The molecule has 1 aromatic carbocycles. The van der Waals surface area contributed by atoms with E-state index in [1.54, 1.807) is 37.1 Å². The summed E-state index contributed by atoms with van der Waals surface area (Å²) in [6.07, 6.45) is 1.79. The molecule has 0 saturated carbocycles. The lowest BCUT2D eigenvalue weighted by molar-refractivity contribution is -0.186. The van der Waals surface area contributed by atoms with E-state index in [0.29, 0.717) is 22.7 Å². The minimum Gasteiger partial charge on any atom is -0.497 e. The molecule has 2 aliphatic heterocycles. The second kappa shape index (κ2) is 9.02. The van der Waals surface area contributed by atoms with Crippen molar-refractivity contribution in [2.24, 2.45) is 0 Å². The van der Waals surface area contributed by atoms with Gasteiger partial charge in [0.25, 0.3) is 5.56 Å². The summed E-state index contributed by atoms with van der Waals surface area (Å²) in [5.41, 5.74) is 2.33. The van der Waals surface area contributed by atoms with Crippen molar-refractivity contribution in [1.29, 1.82) is 0 Å². The maximum Gasteiger partial charge on any atom is 0.351 e. The maximum absolute atomic E-state index is 13.9. The van der Waals surface area contributed by atoms with Crippen LogP contribution in [0.4, 0.5) is 0 Å². The van der Waals surface area contributed by atoms with Gasteiger partial charge in [-0.05, 0) is 53.9 Å². The van der Waals surface area contributed by atoms with E-state index in [-0.39, 0.29) is 30.7 Å². The van der Waals surface area contributed by atoms with E-state index < -0.39 is 29.2 Å². The Kier molecular flexibility index (Phi) is 5.72. The van der Waals surface area contributed by atoms with Crippen LogP contribution in [-0.2, 0) is 37.8 Å². The van der Waals surface area contributed by atoms with Crippen LogP contribution in [0.5, 0.6) is 5.75 Å². The van der Waals surface area contributed by atoms with Crippen molar-refractivity contribution < 1.29 is 28.9 Å². The second-order valence-electron chi connectivity index (χ2n) is 9.62. The number of methoxy groups -OCH3 is 1. The van der Waals surface area contributed by atoms with Gasteiger partial charge in [-0.15, -0.1) is 0 Å². The number of carbonyl (C=O) groups excluding carboxylic acids is 2. The van der Waals surface area contributed by atoms with Gasteiger partial charge in [-0.25, -0.2) is 9.78 Å². The van der Waals surface area contributed by atoms with E-state index in [0.717, 1.165) is 29.0 Å². The minimum atomic E-state index is -1.97. The number of hydrogen-bond donors (Lipinski definition) is 1. The van der Waals surface area contributed by atoms with Gasteiger partial charge in [-0.1, -0.05) is 6.92 Å². The number of nitrogens with zero attached hydrogens (tertiary/aromatic N) is 3. The molecular weight excluding hydrogens is 502 g/mol. The van der Waals surface area contributed by atoms with E-state index in [2.05, 4.69) is 4.98 Å². The van der Waals surface area contributed by atoms with Gasteiger partial charge in [0.15, 0.2) is 0 Å². The van der Waals surface area contributed by atoms with Crippen molar-refractivity contribution in [2.45, 2.75) is 45.1 Å². The van der Waals surface area contributed by atoms with Crippen molar-refractivity contribution in [3.05, 3.63) is 75.8 Å². The molecule has 0 fully saturated rings. The largest absolute Gasteiger partial charge is 0.497 e. The van der Waals surface area contributed by atoms with Gasteiger partial charge in [-0.2, -0.15) is 0 Å². The van der Waals surface area contributed by atoms with Gasteiger partial charge in [0, 0.05) is 35.8 Å². The lowest BCUT2D eigenvalue weighted by Gasteiger charge is -2.32. The highest BCUT2D eigenvalue weighted by Gasteiger charge is 2.50. The summed E-state index contributed by atoms with van der Waals surface area (Å²) in [5.74, 6) is -0.986. The third kappa shape index (κ3) is 3.70. The number of aromatic nitrogens is 3. The van der Waals surface area contributed by atoms with Gasteiger partial charge >= 0.3 is 11.9 Å². The van der Waals surface area contributed by atoms with Crippen LogP contribution in [0.2, 0.25) is 0 Å². The first-order chi connectivity index (χ1) is 18.8. The number of benzene rings is 1. The molecule has 2 atom stereocenters. The molecule has 39 heavy (non-hydrogen) atoms. The average molecular weight is 528 g/mol. The Morgan fingerprint density at radius 1 is 1.18 bits per heavy atom. The molecule has 198 valence electrons. The molecule has 0 amide bonds. The Labute approximate surface area is 222 Å². The highest BCUT2D eigenvalue weighted by molar-refractivity contribution is 6.00. The normalized spacial score (nSPS) is 19.5. The Bertz CT molecular complexity index is 1730. The van der Waals surface area contributed by atoms with Gasteiger partial charge in [0.05, 0.1) is 36.1 Å². The fourth-order valence-corrected chi connectivity index (χ4v) is 5.59. The number of ether oxygens (including phenoxy) is 3. The van der Waals surface area contributed by atoms with Crippen LogP contribution in [0.1, 0.15) is 37.0 Å². The first-order valence-corrected chi connectivity index (χ1v) is 12.5. The van der Waals surface area contributed by atoms with Crippen molar-refractivity contribution >= 4 is 22.8 Å². The zero-order chi connectivity index (χ0) is 27.5. The maximum atomic E-state index is 13.9. The molecule has 0 spiro atoms. The summed E-state index contributed by atoms with van der Waals surface area (Å²) in [7, 11) is 1.60. The van der Waals surface area contributed by atoms with Gasteiger partial charge in [-0.3, -0.25) is 14.6 Å².